The molecule has 0 aliphatic heterocycles. The predicted molar refractivity (Wildman–Crippen MR) is 105 cm³/mol. The molecule has 0 saturated heterocycles. The zero-order valence-corrected chi connectivity index (χ0v) is 15.5. The molecular formula is C20H20N4O4. The number of aromatic nitrogens is 2. The minimum absolute atomic E-state index is 0.366. The Morgan fingerprint density at radius 2 is 2.07 bits per heavy atom. The average molecular weight is 380 g/mol. The van der Waals surface area contributed by atoms with E-state index in [0.29, 0.717) is 16.9 Å². The number of aliphatic carboxylic acids is 1. The summed E-state index contributed by atoms with van der Waals surface area (Å²) in [5.74, 6) is -0.182. The molecule has 2 aromatic carbocycles. The van der Waals surface area contributed by atoms with Crippen molar-refractivity contribution in [2.75, 3.05) is 6.61 Å². The summed E-state index contributed by atoms with van der Waals surface area (Å²) in [6.07, 6.45) is 1.41. The molecule has 0 fully saturated rings. The highest BCUT2D eigenvalue weighted by atomic mass is 16.5. The van der Waals surface area contributed by atoms with E-state index in [1.54, 1.807) is 36.4 Å². The van der Waals surface area contributed by atoms with Crippen molar-refractivity contribution in [2.24, 2.45) is 5.10 Å². The second kappa shape index (κ2) is 8.34. The molecule has 3 rings (SSSR count). The summed E-state index contributed by atoms with van der Waals surface area (Å²) in [6.45, 7) is 4.32. The monoisotopic (exact) mass is 380 g/mol. The molecule has 8 nitrogen and oxygen atoms in total. The number of ether oxygens (including phenoxy) is 1. The van der Waals surface area contributed by atoms with Gasteiger partial charge in [-0.1, -0.05) is 12.1 Å². The van der Waals surface area contributed by atoms with Crippen LogP contribution in [0.25, 0.3) is 11.0 Å². The summed E-state index contributed by atoms with van der Waals surface area (Å²) in [5, 5.41) is 12.7. The van der Waals surface area contributed by atoms with Crippen LogP contribution in [0.3, 0.4) is 0 Å². The van der Waals surface area contributed by atoms with Crippen molar-refractivity contribution in [3.05, 3.63) is 59.4 Å². The fourth-order valence-corrected chi connectivity index (χ4v) is 2.87. The van der Waals surface area contributed by atoms with E-state index in [1.165, 1.54) is 6.21 Å². The lowest BCUT2D eigenvalue weighted by Gasteiger charge is -2.06. The van der Waals surface area contributed by atoms with Gasteiger partial charge < -0.3 is 14.4 Å². The predicted octanol–water partition coefficient (Wildman–Crippen LogP) is 2.59. The summed E-state index contributed by atoms with van der Waals surface area (Å²) in [7, 11) is 0. The Balaban J connectivity index is 1.72. The van der Waals surface area contributed by atoms with Crippen LogP contribution in [0.5, 0.6) is 5.75 Å². The second-order valence-corrected chi connectivity index (χ2v) is 6.03. The van der Waals surface area contributed by atoms with Crippen molar-refractivity contribution < 1.29 is 19.4 Å². The summed E-state index contributed by atoms with van der Waals surface area (Å²) in [4.78, 5) is 27.5. The fourth-order valence-electron chi connectivity index (χ4n) is 2.87. The number of carbonyl (C=O) groups is 2. The molecule has 0 unspecified atom stereocenters. The number of rotatable bonds is 7. The third-order valence-corrected chi connectivity index (χ3v) is 4.16. The number of imidazole rings is 1. The summed E-state index contributed by atoms with van der Waals surface area (Å²) in [6, 6.07) is 12.1. The number of nitrogens with one attached hydrogen (secondary N) is 1. The molecule has 0 spiro atoms. The molecule has 2 N–H and O–H groups in total. The van der Waals surface area contributed by atoms with Gasteiger partial charge in [0.25, 0.3) is 5.91 Å². The van der Waals surface area contributed by atoms with Gasteiger partial charge in [-0.05, 0) is 44.2 Å². The van der Waals surface area contributed by atoms with Crippen LogP contribution >= 0.6 is 0 Å². The van der Waals surface area contributed by atoms with Crippen LogP contribution in [-0.2, 0) is 11.3 Å². The Bertz CT molecular complexity index is 1060. The van der Waals surface area contributed by atoms with Gasteiger partial charge in [0, 0.05) is 17.7 Å². The molecular weight excluding hydrogens is 360 g/mol. The van der Waals surface area contributed by atoms with Gasteiger partial charge in [0.15, 0.2) is 6.61 Å². The van der Waals surface area contributed by atoms with Crippen molar-refractivity contribution >= 4 is 29.1 Å². The minimum Gasteiger partial charge on any atom is -0.481 e. The van der Waals surface area contributed by atoms with E-state index >= 15 is 0 Å². The molecule has 1 amide bonds. The molecule has 144 valence electrons. The molecule has 1 heterocycles. The van der Waals surface area contributed by atoms with Crippen LogP contribution in [0.15, 0.2) is 47.6 Å². The Labute approximate surface area is 161 Å². The first-order valence-electron chi connectivity index (χ1n) is 8.73. The van der Waals surface area contributed by atoms with Crippen LogP contribution < -0.4 is 10.2 Å². The Kier molecular flexibility index (Phi) is 5.69. The first kappa shape index (κ1) is 19.1. The first-order chi connectivity index (χ1) is 13.5. The molecule has 3 aromatic rings. The highest BCUT2D eigenvalue weighted by Crippen LogP contribution is 2.18. The number of amides is 1. The number of hydrazone groups is 1. The summed E-state index contributed by atoms with van der Waals surface area (Å²) in [5.41, 5.74) is 5.19. The third-order valence-electron chi connectivity index (χ3n) is 4.16. The van der Waals surface area contributed by atoms with Gasteiger partial charge >= 0.3 is 5.97 Å². The smallest absolute Gasteiger partial charge is 0.341 e. The molecule has 8 heteroatoms. The zero-order valence-electron chi connectivity index (χ0n) is 15.5. The largest absolute Gasteiger partial charge is 0.481 e. The lowest BCUT2D eigenvalue weighted by Crippen LogP contribution is -2.17. The number of benzene rings is 2. The number of fused-ring (bicyclic) bond motifs is 1. The Morgan fingerprint density at radius 1 is 1.29 bits per heavy atom. The van der Waals surface area contributed by atoms with Crippen LogP contribution in [0.1, 0.15) is 28.7 Å². The Morgan fingerprint density at radius 3 is 2.82 bits per heavy atom. The van der Waals surface area contributed by atoms with Crippen molar-refractivity contribution in [2.45, 2.75) is 20.4 Å². The molecule has 0 saturated carbocycles. The van der Waals surface area contributed by atoms with E-state index in [1.807, 2.05) is 19.9 Å². The van der Waals surface area contributed by atoms with Crippen molar-refractivity contribution in [1.29, 1.82) is 0 Å². The van der Waals surface area contributed by atoms with Crippen LogP contribution in [0.4, 0.5) is 0 Å². The van der Waals surface area contributed by atoms with Crippen molar-refractivity contribution in [3.63, 3.8) is 0 Å². The van der Waals surface area contributed by atoms with Crippen LogP contribution in [0.2, 0.25) is 0 Å². The van der Waals surface area contributed by atoms with Gasteiger partial charge in [0.1, 0.15) is 11.6 Å². The number of carboxylic acid groups (broad SMARTS) is 1. The molecule has 0 atom stereocenters. The van der Waals surface area contributed by atoms with Gasteiger partial charge in [-0.2, -0.15) is 5.10 Å². The normalized spacial score (nSPS) is 11.1. The fraction of sp³-hybridized carbons (Fsp3) is 0.200. The standard InChI is InChI=1S/C20H20N4O4/c1-3-24-13(2)22-16-10-14(8-9-17(16)24)20(27)23-21-11-15-6-4-5-7-18(15)28-12-19(25)26/h4-11H,3,12H2,1-2H3,(H,23,27)(H,25,26)/b21-11+. The van der Waals surface area contributed by atoms with Gasteiger partial charge in [-0.25, -0.2) is 15.2 Å². The second-order valence-electron chi connectivity index (χ2n) is 6.03. The lowest BCUT2D eigenvalue weighted by atomic mass is 10.2. The molecule has 0 aliphatic carbocycles. The quantitative estimate of drug-likeness (QED) is 0.484. The third kappa shape index (κ3) is 4.17. The molecule has 0 bridgehead atoms. The lowest BCUT2D eigenvalue weighted by molar-refractivity contribution is -0.139. The number of carbonyl (C=O) groups excluding carboxylic acids is 1. The minimum atomic E-state index is -1.07. The summed E-state index contributed by atoms with van der Waals surface area (Å²) >= 11 is 0. The Hall–Kier alpha value is -3.68. The maximum Gasteiger partial charge on any atom is 0.341 e. The number of hydrogen-bond donors (Lipinski definition) is 2. The molecule has 1 aromatic heterocycles. The van der Waals surface area contributed by atoms with E-state index < -0.39 is 12.6 Å². The average Bonchev–Trinajstić information content (AvgIpc) is 3.01. The number of para-hydroxylation sites is 1. The number of carboxylic acids is 1. The van der Waals surface area contributed by atoms with Crippen molar-refractivity contribution in [1.82, 2.24) is 15.0 Å². The number of nitrogens with zero attached hydrogens (tertiary/aromatic N) is 3. The number of hydrogen-bond acceptors (Lipinski definition) is 5. The van der Waals surface area contributed by atoms with Gasteiger partial charge in [0.2, 0.25) is 0 Å². The van der Waals surface area contributed by atoms with E-state index in [-0.39, 0.29) is 5.91 Å². The first-order valence-corrected chi connectivity index (χ1v) is 8.73. The van der Waals surface area contributed by atoms with Crippen molar-refractivity contribution in [3.8, 4) is 5.75 Å². The van der Waals surface area contributed by atoms with E-state index in [9.17, 15) is 9.59 Å². The zero-order chi connectivity index (χ0) is 20.1. The van der Waals surface area contributed by atoms with Gasteiger partial charge in [0.05, 0.1) is 17.2 Å². The van der Waals surface area contributed by atoms with E-state index in [0.717, 1.165) is 23.4 Å². The van der Waals surface area contributed by atoms with Crippen LogP contribution in [-0.4, -0.2) is 39.4 Å². The molecule has 28 heavy (non-hydrogen) atoms. The SMILES string of the molecule is CCn1c(C)nc2cc(C(=O)N/N=C/c3ccccc3OCC(=O)O)ccc21. The maximum absolute atomic E-state index is 12.4. The molecule has 0 radical (unpaired) electrons. The van der Waals surface area contributed by atoms with E-state index in [4.69, 9.17) is 9.84 Å². The van der Waals surface area contributed by atoms with Gasteiger partial charge in [-0.3, -0.25) is 4.79 Å². The highest BCUT2D eigenvalue weighted by molar-refractivity contribution is 5.98. The number of aryl methyl sites for hydroxylation is 2. The van der Waals surface area contributed by atoms with Crippen LogP contribution in [0, 0.1) is 6.92 Å². The topological polar surface area (TPSA) is 106 Å². The maximum atomic E-state index is 12.4. The highest BCUT2D eigenvalue weighted by Gasteiger charge is 2.10. The summed E-state index contributed by atoms with van der Waals surface area (Å²) < 4.78 is 7.27. The van der Waals surface area contributed by atoms with E-state index in [2.05, 4.69) is 20.1 Å². The van der Waals surface area contributed by atoms with Gasteiger partial charge in [-0.15, -0.1) is 0 Å². The molecule has 0 aliphatic rings.